The third-order valence-electron chi connectivity index (χ3n) is 2.93. The fourth-order valence-electron chi connectivity index (χ4n) is 1.86. The molecular formula is C17H12Cl2N2O. The van der Waals surface area contributed by atoms with Gasteiger partial charge in [0.15, 0.2) is 0 Å². The standard InChI is InChI=1S/C17H12Cl2N2O/c1-11-4-2-5-13(8-11)21-17(22)12(10-20)9-14-15(18)6-3-7-16(14)19/h2-9H,1H3,(H,21,22)/b12-9-. The first-order valence-electron chi connectivity index (χ1n) is 6.45. The summed E-state index contributed by atoms with van der Waals surface area (Å²) in [5, 5.41) is 12.6. The first kappa shape index (κ1) is 16.1. The van der Waals surface area contributed by atoms with E-state index in [4.69, 9.17) is 23.2 Å². The predicted molar refractivity (Wildman–Crippen MR) is 89.9 cm³/mol. The SMILES string of the molecule is Cc1cccc(NC(=O)/C(C#N)=C\c2c(Cl)cccc2Cl)c1. The summed E-state index contributed by atoms with van der Waals surface area (Å²) in [6, 6.07) is 14.2. The Labute approximate surface area is 138 Å². The molecule has 1 amide bonds. The molecule has 2 aromatic carbocycles. The minimum absolute atomic E-state index is 0.0727. The van der Waals surface area contributed by atoms with Crippen LogP contribution in [0.25, 0.3) is 6.08 Å². The van der Waals surface area contributed by atoms with Gasteiger partial charge in [-0.25, -0.2) is 0 Å². The van der Waals surface area contributed by atoms with Gasteiger partial charge in [-0.3, -0.25) is 4.79 Å². The molecular weight excluding hydrogens is 319 g/mol. The number of hydrogen-bond donors (Lipinski definition) is 1. The number of aryl methyl sites for hydroxylation is 1. The van der Waals surface area contributed by atoms with Gasteiger partial charge in [-0.05, 0) is 42.8 Å². The van der Waals surface area contributed by atoms with Gasteiger partial charge in [0.1, 0.15) is 11.6 Å². The second-order valence-electron chi connectivity index (χ2n) is 4.63. The van der Waals surface area contributed by atoms with Crippen LogP contribution in [-0.2, 0) is 4.79 Å². The average Bonchev–Trinajstić information content (AvgIpc) is 2.47. The summed E-state index contributed by atoms with van der Waals surface area (Å²) in [6.45, 7) is 1.92. The molecule has 110 valence electrons. The molecule has 0 fully saturated rings. The quantitative estimate of drug-likeness (QED) is 0.646. The number of halogens is 2. The molecule has 0 unspecified atom stereocenters. The van der Waals surface area contributed by atoms with E-state index in [1.807, 2.05) is 31.2 Å². The molecule has 2 rings (SSSR count). The summed E-state index contributed by atoms with van der Waals surface area (Å²) < 4.78 is 0. The van der Waals surface area contributed by atoms with E-state index in [1.54, 1.807) is 24.3 Å². The van der Waals surface area contributed by atoms with Gasteiger partial charge in [-0.15, -0.1) is 0 Å². The molecule has 0 atom stereocenters. The molecule has 0 saturated heterocycles. The van der Waals surface area contributed by atoms with E-state index in [0.717, 1.165) is 5.56 Å². The molecule has 5 heteroatoms. The van der Waals surface area contributed by atoms with Crippen LogP contribution in [0.2, 0.25) is 10.0 Å². The van der Waals surface area contributed by atoms with Gasteiger partial charge in [0, 0.05) is 21.3 Å². The van der Waals surface area contributed by atoms with Crippen LogP contribution < -0.4 is 5.32 Å². The molecule has 0 saturated carbocycles. The van der Waals surface area contributed by atoms with E-state index < -0.39 is 5.91 Å². The second kappa shape index (κ2) is 7.13. The lowest BCUT2D eigenvalue weighted by molar-refractivity contribution is -0.112. The normalized spacial score (nSPS) is 10.9. The molecule has 0 aliphatic carbocycles. The summed E-state index contributed by atoms with van der Waals surface area (Å²) in [7, 11) is 0. The largest absolute Gasteiger partial charge is 0.321 e. The highest BCUT2D eigenvalue weighted by atomic mass is 35.5. The number of carbonyl (C=O) groups is 1. The highest BCUT2D eigenvalue weighted by Gasteiger charge is 2.12. The Kier molecular flexibility index (Phi) is 5.21. The van der Waals surface area contributed by atoms with E-state index in [1.165, 1.54) is 6.08 Å². The third kappa shape index (κ3) is 3.88. The fourth-order valence-corrected chi connectivity index (χ4v) is 2.37. The summed E-state index contributed by atoms with van der Waals surface area (Å²) in [5.41, 5.74) is 2.00. The number of nitrogens with zero attached hydrogens (tertiary/aromatic N) is 1. The maximum absolute atomic E-state index is 12.2. The maximum Gasteiger partial charge on any atom is 0.266 e. The monoisotopic (exact) mass is 330 g/mol. The summed E-state index contributed by atoms with van der Waals surface area (Å²) in [6.07, 6.45) is 1.38. The molecule has 22 heavy (non-hydrogen) atoms. The van der Waals surface area contributed by atoms with Gasteiger partial charge < -0.3 is 5.32 Å². The lowest BCUT2D eigenvalue weighted by Crippen LogP contribution is -2.13. The molecule has 3 nitrogen and oxygen atoms in total. The molecule has 0 radical (unpaired) electrons. The van der Waals surface area contributed by atoms with Crippen molar-refractivity contribution in [1.29, 1.82) is 5.26 Å². The zero-order valence-corrected chi connectivity index (χ0v) is 13.2. The van der Waals surface area contributed by atoms with Gasteiger partial charge in [-0.1, -0.05) is 41.4 Å². The van der Waals surface area contributed by atoms with Gasteiger partial charge >= 0.3 is 0 Å². The molecule has 0 aliphatic heterocycles. The molecule has 1 N–H and O–H groups in total. The summed E-state index contributed by atoms with van der Waals surface area (Å²) in [4.78, 5) is 12.2. The Balaban J connectivity index is 2.30. The van der Waals surface area contributed by atoms with E-state index in [2.05, 4.69) is 5.32 Å². The number of nitriles is 1. The molecule has 2 aromatic rings. The minimum atomic E-state index is -0.510. The van der Waals surface area contributed by atoms with Crippen LogP contribution in [0.3, 0.4) is 0 Å². The van der Waals surface area contributed by atoms with Crippen molar-refractivity contribution in [2.75, 3.05) is 5.32 Å². The Morgan fingerprint density at radius 1 is 1.18 bits per heavy atom. The summed E-state index contributed by atoms with van der Waals surface area (Å²) >= 11 is 12.1. The third-order valence-corrected chi connectivity index (χ3v) is 3.59. The molecule has 0 spiro atoms. The number of hydrogen-bond acceptors (Lipinski definition) is 2. The molecule has 0 bridgehead atoms. The first-order valence-corrected chi connectivity index (χ1v) is 7.20. The molecule has 0 aliphatic rings. The second-order valence-corrected chi connectivity index (χ2v) is 5.44. The Hall–Kier alpha value is -2.28. The van der Waals surface area contributed by atoms with Crippen LogP contribution in [0, 0.1) is 18.3 Å². The number of benzene rings is 2. The van der Waals surface area contributed by atoms with E-state index in [0.29, 0.717) is 21.3 Å². The van der Waals surface area contributed by atoms with Gasteiger partial charge in [0.05, 0.1) is 0 Å². The minimum Gasteiger partial charge on any atom is -0.321 e. The zero-order chi connectivity index (χ0) is 16.1. The van der Waals surface area contributed by atoms with Crippen molar-refractivity contribution in [2.24, 2.45) is 0 Å². The number of amides is 1. The van der Waals surface area contributed by atoms with E-state index >= 15 is 0 Å². The van der Waals surface area contributed by atoms with Crippen LogP contribution >= 0.6 is 23.2 Å². The topological polar surface area (TPSA) is 52.9 Å². The molecule has 0 aromatic heterocycles. The van der Waals surface area contributed by atoms with Crippen LogP contribution in [0.1, 0.15) is 11.1 Å². The van der Waals surface area contributed by atoms with Crippen LogP contribution in [-0.4, -0.2) is 5.91 Å². The van der Waals surface area contributed by atoms with Crippen molar-refractivity contribution >= 4 is 40.9 Å². The lowest BCUT2D eigenvalue weighted by Gasteiger charge is -2.06. The zero-order valence-electron chi connectivity index (χ0n) is 11.7. The van der Waals surface area contributed by atoms with Crippen molar-refractivity contribution in [3.63, 3.8) is 0 Å². The van der Waals surface area contributed by atoms with Crippen molar-refractivity contribution in [1.82, 2.24) is 0 Å². The van der Waals surface area contributed by atoms with Crippen LogP contribution in [0.4, 0.5) is 5.69 Å². The number of nitrogens with one attached hydrogen (secondary N) is 1. The van der Waals surface area contributed by atoms with Crippen LogP contribution in [0.5, 0.6) is 0 Å². The van der Waals surface area contributed by atoms with E-state index in [9.17, 15) is 10.1 Å². The Morgan fingerprint density at radius 2 is 1.82 bits per heavy atom. The van der Waals surface area contributed by atoms with Gasteiger partial charge in [0.25, 0.3) is 5.91 Å². The van der Waals surface area contributed by atoms with Crippen molar-refractivity contribution in [3.8, 4) is 6.07 Å². The number of anilines is 1. The van der Waals surface area contributed by atoms with Gasteiger partial charge in [0.2, 0.25) is 0 Å². The predicted octanol–water partition coefficient (Wildman–Crippen LogP) is 4.85. The maximum atomic E-state index is 12.2. The Morgan fingerprint density at radius 3 is 2.41 bits per heavy atom. The summed E-state index contributed by atoms with van der Waals surface area (Å²) in [5.74, 6) is -0.510. The van der Waals surface area contributed by atoms with Gasteiger partial charge in [-0.2, -0.15) is 5.26 Å². The fraction of sp³-hybridized carbons (Fsp3) is 0.0588. The van der Waals surface area contributed by atoms with E-state index in [-0.39, 0.29) is 5.57 Å². The first-order chi connectivity index (χ1) is 10.5. The average molecular weight is 331 g/mol. The Bertz CT molecular complexity index is 771. The highest BCUT2D eigenvalue weighted by Crippen LogP contribution is 2.26. The van der Waals surface area contributed by atoms with Crippen molar-refractivity contribution < 1.29 is 4.79 Å². The van der Waals surface area contributed by atoms with Crippen molar-refractivity contribution in [2.45, 2.75) is 6.92 Å². The number of rotatable bonds is 3. The lowest BCUT2D eigenvalue weighted by atomic mass is 10.1. The van der Waals surface area contributed by atoms with Crippen LogP contribution in [0.15, 0.2) is 48.0 Å². The van der Waals surface area contributed by atoms with Crippen molar-refractivity contribution in [3.05, 3.63) is 69.2 Å². The highest BCUT2D eigenvalue weighted by molar-refractivity contribution is 6.37. The smallest absolute Gasteiger partial charge is 0.266 e. The number of carbonyl (C=O) groups excluding carboxylic acids is 1. The molecule has 0 heterocycles.